The Morgan fingerprint density at radius 1 is 1.13 bits per heavy atom. The van der Waals surface area contributed by atoms with Gasteiger partial charge in [-0.25, -0.2) is 13.8 Å². The zero-order chi connectivity index (χ0) is 27.7. The van der Waals surface area contributed by atoms with E-state index in [0.29, 0.717) is 24.0 Å². The van der Waals surface area contributed by atoms with Crippen molar-refractivity contribution in [2.75, 3.05) is 18.4 Å². The molecule has 1 aliphatic heterocycles. The topological polar surface area (TPSA) is 64.9 Å². The van der Waals surface area contributed by atoms with Crippen molar-refractivity contribution in [3.05, 3.63) is 84.0 Å². The lowest BCUT2D eigenvalue weighted by Crippen LogP contribution is -2.24. The largest absolute Gasteiger partial charge is 0.353 e. The lowest BCUT2D eigenvalue weighted by Gasteiger charge is -2.19. The zero-order valence-electron chi connectivity index (χ0n) is 22.2. The number of rotatable bonds is 9. The fourth-order valence-electron chi connectivity index (χ4n) is 4.34. The number of nitrogens with zero attached hydrogens (tertiary/aromatic N) is 3. The second kappa shape index (κ2) is 10.8. The third-order valence-electron chi connectivity index (χ3n) is 6.94. The lowest BCUT2D eigenvalue weighted by molar-refractivity contribution is 0.0115. The Kier molecular flexibility index (Phi) is 7.85. The van der Waals surface area contributed by atoms with Crippen LogP contribution in [0.3, 0.4) is 0 Å². The van der Waals surface area contributed by atoms with E-state index in [0.717, 1.165) is 38.5 Å². The number of aromatic nitrogens is 2. The minimum Gasteiger partial charge on any atom is -0.353 e. The molecule has 1 aromatic carbocycles. The van der Waals surface area contributed by atoms with Crippen molar-refractivity contribution in [2.45, 2.75) is 49.9 Å². The van der Waals surface area contributed by atoms with Crippen LogP contribution in [0.4, 0.5) is 14.5 Å². The molecule has 0 spiro atoms. The van der Waals surface area contributed by atoms with Gasteiger partial charge in [0.1, 0.15) is 0 Å². The number of hydrogen-bond donors (Lipinski definition) is 2. The summed E-state index contributed by atoms with van der Waals surface area (Å²) in [5.74, 6) is 5.94. The summed E-state index contributed by atoms with van der Waals surface area (Å²) in [7, 11) is -1.48. The van der Waals surface area contributed by atoms with Gasteiger partial charge in [0.2, 0.25) is 0 Å². The van der Waals surface area contributed by atoms with Crippen LogP contribution in [0.2, 0.25) is 0 Å². The fourth-order valence-corrected chi connectivity index (χ4v) is 5.42. The summed E-state index contributed by atoms with van der Waals surface area (Å²) in [6.45, 7) is 10.8. The van der Waals surface area contributed by atoms with Gasteiger partial charge in [0.15, 0.2) is 0 Å². The quantitative estimate of drug-likeness (QED) is 0.236. The van der Waals surface area contributed by atoms with Gasteiger partial charge in [0.25, 0.3) is 5.92 Å². The highest BCUT2D eigenvalue weighted by molar-refractivity contribution is 8.28. The van der Waals surface area contributed by atoms with Crippen LogP contribution in [0.1, 0.15) is 37.0 Å². The lowest BCUT2D eigenvalue weighted by atomic mass is 9.96. The first-order valence-corrected chi connectivity index (χ1v) is 14.5. The average Bonchev–Trinajstić information content (AvgIpc) is 3.22. The maximum absolute atomic E-state index is 13.6. The Hall–Kier alpha value is -3.36. The minimum absolute atomic E-state index is 0.104. The SMILES string of the molecule is C=C(Nc1ccc(S(=C)(=C)C(C)C)nc1)C(=N)c1cc(-c2cncc(CN3CCC(F)(F)C3)c2)ccc1C. The van der Waals surface area contributed by atoms with Crippen molar-refractivity contribution in [3.8, 4) is 11.1 Å². The van der Waals surface area contributed by atoms with E-state index in [1.165, 1.54) is 0 Å². The second-order valence-corrected chi connectivity index (χ2v) is 13.5. The van der Waals surface area contributed by atoms with E-state index in [9.17, 15) is 8.78 Å². The number of likely N-dealkylation sites (tertiary alicyclic amines) is 1. The molecule has 5 nitrogen and oxygen atoms in total. The fraction of sp³-hybridized carbons (Fsp3) is 0.300. The number of pyridine rings is 2. The normalized spacial score (nSPS) is 15.5. The molecular weight excluding hydrogens is 500 g/mol. The van der Waals surface area contributed by atoms with Crippen LogP contribution >= 0.6 is 9.21 Å². The molecule has 0 atom stereocenters. The first-order chi connectivity index (χ1) is 17.9. The van der Waals surface area contributed by atoms with E-state index < -0.39 is 15.1 Å². The van der Waals surface area contributed by atoms with Gasteiger partial charge in [-0.05, 0) is 53.1 Å². The molecule has 3 aromatic rings. The number of halogens is 2. The van der Waals surface area contributed by atoms with Crippen molar-refractivity contribution >= 4 is 32.3 Å². The van der Waals surface area contributed by atoms with Gasteiger partial charge < -0.3 is 5.32 Å². The van der Waals surface area contributed by atoms with Crippen LogP contribution in [-0.2, 0) is 6.54 Å². The molecule has 200 valence electrons. The Morgan fingerprint density at radius 2 is 1.89 bits per heavy atom. The van der Waals surface area contributed by atoms with Gasteiger partial charge in [-0.3, -0.25) is 15.3 Å². The van der Waals surface area contributed by atoms with Gasteiger partial charge >= 0.3 is 0 Å². The molecule has 8 heteroatoms. The first kappa shape index (κ1) is 27.7. The summed E-state index contributed by atoms with van der Waals surface area (Å²) < 4.78 is 27.2. The smallest absolute Gasteiger partial charge is 0.261 e. The standard InChI is InChI=1S/C30H35F2N5S/c1-20(2)38(5,6)28-10-9-26(17-35-28)36-22(4)29(33)27-14-24(8-7-21(27)3)25-13-23(15-34-16-25)18-37-12-11-30(31,32)19-37/h7-10,13-17,20,33,36H,4-6,11-12,18-19H2,1-3H3. The van der Waals surface area contributed by atoms with Crippen LogP contribution < -0.4 is 5.32 Å². The van der Waals surface area contributed by atoms with Crippen molar-refractivity contribution in [3.63, 3.8) is 0 Å². The predicted molar refractivity (Wildman–Crippen MR) is 158 cm³/mol. The highest BCUT2D eigenvalue weighted by Crippen LogP contribution is 2.35. The average molecular weight is 536 g/mol. The van der Waals surface area contributed by atoms with E-state index in [-0.39, 0.29) is 18.7 Å². The monoisotopic (exact) mass is 535 g/mol. The van der Waals surface area contributed by atoms with Gasteiger partial charge in [-0.15, -0.1) is 0 Å². The molecule has 4 rings (SSSR count). The molecule has 2 N–H and O–H groups in total. The van der Waals surface area contributed by atoms with E-state index in [1.54, 1.807) is 23.5 Å². The van der Waals surface area contributed by atoms with Crippen LogP contribution in [0.15, 0.2) is 72.3 Å². The minimum atomic E-state index is -2.62. The molecule has 1 aliphatic rings. The third-order valence-corrected chi connectivity index (χ3v) is 9.82. The highest BCUT2D eigenvalue weighted by atomic mass is 32.2. The molecule has 0 saturated carbocycles. The maximum atomic E-state index is 13.6. The molecule has 0 bridgehead atoms. The van der Waals surface area contributed by atoms with Crippen molar-refractivity contribution in [1.29, 1.82) is 5.41 Å². The number of anilines is 1. The molecule has 38 heavy (non-hydrogen) atoms. The molecule has 0 aliphatic carbocycles. The van der Waals surface area contributed by atoms with Crippen molar-refractivity contribution in [2.24, 2.45) is 0 Å². The predicted octanol–water partition coefficient (Wildman–Crippen LogP) is 6.72. The summed E-state index contributed by atoms with van der Waals surface area (Å²) in [6.07, 6.45) is 5.10. The summed E-state index contributed by atoms with van der Waals surface area (Å²) in [4.78, 5) is 10.7. The van der Waals surface area contributed by atoms with Crippen molar-refractivity contribution in [1.82, 2.24) is 14.9 Å². The number of allylic oxidation sites excluding steroid dienone is 1. The van der Waals surface area contributed by atoms with Crippen molar-refractivity contribution < 1.29 is 8.78 Å². The van der Waals surface area contributed by atoms with E-state index in [1.807, 2.05) is 43.3 Å². The first-order valence-electron chi connectivity index (χ1n) is 12.5. The second-order valence-electron chi connectivity index (χ2n) is 10.3. The van der Waals surface area contributed by atoms with Crippen LogP contribution in [-0.4, -0.2) is 56.6 Å². The summed E-state index contributed by atoms with van der Waals surface area (Å²) in [5.41, 5.74) is 5.80. The molecule has 1 fully saturated rings. The van der Waals surface area contributed by atoms with E-state index in [2.05, 4.69) is 47.5 Å². The molecular formula is C30H35F2N5S. The Balaban J connectivity index is 1.50. The zero-order valence-corrected chi connectivity index (χ0v) is 23.0. The molecule has 0 amide bonds. The van der Waals surface area contributed by atoms with Gasteiger partial charge in [-0.1, -0.05) is 44.3 Å². The summed E-state index contributed by atoms with van der Waals surface area (Å²) in [5, 5.41) is 13.2. The third kappa shape index (κ3) is 6.19. The summed E-state index contributed by atoms with van der Waals surface area (Å²) in [6, 6.07) is 11.7. The molecule has 0 radical (unpaired) electrons. The van der Waals surface area contributed by atoms with Crippen LogP contribution in [0, 0.1) is 12.3 Å². The summed E-state index contributed by atoms with van der Waals surface area (Å²) >= 11 is 0. The van der Waals surface area contributed by atoms with Crippen LogP contribution in [0.25, 0.3) is 11.1 Å². The Labute approximate surface area is 224 Å². The Morgan fingerprint density at radius 3 is 2.53 bits per heavy atom. The van der Waals surface area contributed by atoms with Gasteiger partial charge in [0.05, 0.1) is 34.9 Å². The number of alkyl halides is 2. The van der Waals surface area contributed by atoms with E-state index in [4.69, 9.17) is 5.41 Å². The van der Waals surface area contributed by atoms with Gasteiger partial charge in [-0.2, -0.15) is 9.21 Å². The van der Waals surface area contributed by atoms with Crippen LogP contribution in [0.5, 0.6) is 0 Å². The molecule has 0 unspecified atom stereocenters. The van der Waals surface area contributed by atoms with Gasteiger partial charge in [0, 0.05) is 43.0 Å². The molecule has 3 heterocycles. The maximum Gasteiger partial charge on any atom is 0.261 e. The number of aryl methyl sites for hydroxylation is 1. The molecule has 1 saturated heterocycles. The highest BCUT2D eigenvalue weighted by Gasteiger charge is 2.37. The molecule has 2 aromatic heterocycles. The number of nitrogens with one attached hydrogen (secondary N) is 2. The Bertz CT molecular complexity index is 1460. The van der Waals surface area contributed by atoms with E-state index >= 15 is 0 Å². The number of hydrogen-bond acceptors (Lipinski definition) is 5. The number of benzene rings is 1.